The van der Waals surface area contributed by atoms with Gasteiger partial charge in [0.15, 0.2) is 0 Å². The van der Waals surface area contributed by atoms with Gasteiger partial charge < -0.3 is 26.6 Å². The fourth-order valence-electron chi connectivity index (χ4n) is 2.47. The van der Waals surface area contributed by atoms with Gasteiger partial charge in [-0.2, -0.15) is 0 Å². The minimum atomic E-state index is -0.667. The van der Waals surface area contributed by atoms with Gasteiger partial charge in [0.25, 0.3) is 5.91 Å². The molecule has 142 valence electrons. The van der Waals surface area contributed by atoms with Crippen LogP contribution in [0.1, 0.15) is 24.3 Å². The van der Waals surface area contributed by atoms with E-state index in [1.807, 2.05) is 13.8 Å². The van der Waals surface area contributed by atoms with E-state index in [1.54, 1.807) is 12.1 Å². The number of fused-ring (bicyclic) bond motifs is 2. The number of carbonyl (C=O) groups excluding carboxylic acids is 3. The number of carbonyl (C=O) groups is 3. The number of amides is 3. The number of aromatic nitrogens is 1. The van der Waals surface area contributed by atoms with E-state index in [0.29, 0.717) is 31.9 Å². The fourth-order valence-corrected chi connectivity index (χ4v) is 2.47. The van der Waals surface area contributed by atoms with E-state index in [1.165, 1.54) is 6.20 Å². The van der Waals surface area contributed by atoms with E-state index >= 15 is 0 Å². The van der Waals surface area contributed by atoms with E-state index < -0.39 is 11.9 Å². The molecule has 9 heteroatoms. The van der Waals surface area contributed by atoms with Crippen molar-refractivity contribution in [3.63, 3.8) is 0 Å². The minimum absolute atomic E-state index is 0.0823. The third kappa shape index (κ3) is 5.99. The molecule has 0 unspecified atom stereocenters. The van der Waals surface area contributed by atoms with Crippen LogP contribution < -0.4 is 26.6 Å². The van der Waals surface area contributed by atoms with Gasteiger partial charge in [-0.25, -0.2) is 0 Å². The molecule has 9 nitrogen and oxygen atoms in total. The molecule has 1 aliphatic rings. The van der Waals surface area contributed by atoms with Crippen molar-refractivity contribution < 1.29 is 14.4 Å². The molecule has 0 radical (unpaired) electrons. The Labute approximate surface area is 152 Å². The van der Waals surface area contributed by atoms with Crippen molar-refractivity contribution in [1.29, 1.82) is 0 Å². The third-order valence-electron chi connectivity index (χ3n) is 3.89. The molecule has 1 atom stereocenters. The zero-order valence-corrected chi connectivity index (χ0v) is 15.1. The Bertz CT molecular complexity index is 649. The van der Waals surface area contributed by atoms with Crippen molar-refractivity contribution >= 4 is 23.4 Å². The normalized spacial score (nSPS) is 20.4. The maximum Gasteiger partial charge on any atom is 0.270 e. The van der Waals surface area contributed by atoms with Gasteiger partial charge in [-0.1, -0.05) is 13.8 Å². The van der Waals surface area contributed by atoms with Gasteiger partial charge in [-0.3, -0.25) is 19.4 Å². The van der Waals surface area contributed by atoms with Crippen LogP contribution >= 0.6 is 0 Å². The van der Waals surface area contributed by atoms with Crippen molar-refractivity contribution in [2.75, 3.05) is 38.0 Å². The molecule has 2 bridgehead atoms. The van der Waals surface area contributed by atoms with Crippen molar-refractivity contribution in [1.82, 2.24) is 26.3 Å². The summed E-state index contributed by atoms with van der Waals surface area (Å²) in [5.41, 5.74) is 0.941. The van der Waals surface area contributed by atoms with Gasteiger partial charge in [-0.05, 0) is 18.1 Å². The zero-order valence-electron chi connectivity index (χ0n) is 15.1. The summed E-state index contributed by atoms with van der Waals surface area (Å²) in [5.74, 6) is -0.868. The van der Waals surface area contributed by atoms with Crippen molar-refractivity contribution in [3.8, 4) is 0 Å². The molecule has 0 aromatic carbocycles. The first-order valence-corrected chi connectivity index (χ1v) is 8.73. The van der Waals surface area contributed by atoms with Crippen LogP contribution in [0.5, 0.6) is 0 Å². The molecular formula is C17H26N6O3. The summed E-state index contributed by atoms with van der Waals surface area (Å²) >= 11 is 0. The number of hydrogen-bond donors (Lipinski definition) is 5. The van der Waals surface area contributed by atoms with Crippen LogP contribution in [0.25, 0.3) is 0 Å². The highest BCUT2D eigenvalue weighted by Gasteiger charge is 2.25. The van der Waals surface area contributed by atoms with Crippen molar-refractivity contribution in [2.45, 2.75) is 19.9 Å². The number of rotatable bonds is 1. The molecule has 3 amide bonds. The molecule has 26 heavy (non-hydrogen) atoms. The highest BCUT2D eigenvalue weighted by molar-refractivity contribution is 5.96. The molecule has 0 saturated heterocycles. The molecule has 1 aromatic rings. The lowest BCUT2D eigenvalue weighted by Gasteiger charge is -2.21. The second-order valence-electron chi connectivity index (χ2n) is 6.37. The summed E-state index contributed by atoms with van der Waals surface area (Å²) in [7, 11) is 0. The summed E-state index contributed by atoms with van der Waals surface area (Å²) in [5, 5.41) is 14.4. The Balaban J connectivity index is 2.14. The fraction of sp³-hybridized carbons (Fsp3) is 0.529. The summed E-state index contributed by atoms with van der Waals surface area (Å²) in [4.78, 5) is 40.6. The predicted octanol–water partition coefficient (Wildman–Crippen LogP) is -0.916. The maximum absolute atomic E-state index is 12.5. The van der Waals surface area contributed by atoms with Crippen LogP contribution in [-0.2, 0) is 9.59 Å². The summed E-state index contributed by atoms with van der Waals surface area (Å²) in [6.45, 7) is 5.70. The van der Waals surface area contributed by atoms with Gasteiger partial charge in [-0.15, -0.1) is 0 Å². The van der Waals surface area contributed by atoms with Crippen LogP contribution in [0.2, 0.25) is 0 Å². The molecule has 5 N–H and O–H groups in total. The summed E-state index contributed by atoms with van der Waals surface area (Å²) in [6, 6.07) is 2.69. The molecule has 0 saturated carbocycles. The Morgan fingerprint density at radius 1 is 1.04 bits per heavy atom. The average Bonchev–Trinajstić information content (AvgIpc) is 2.62. The number of anilines is 1. The molecule has 2 heterocycles. The Morgan fingerprint density at radius 2 is 1.77 bits per heavy atom. The van der Waals surface area contributed by atoms with Crippen LogP contribution in [-0.4, -0.2) is 61.5 Å². The number of pyridine rings is 1. The standard InChI is InChI=1S/C17H26N6O3/c1-11(2)15-17(26)22-6-5-18-10-14(24)21-8-7-19-12-3-4-20-13(9-12)16(25)23-15/h3-4,9,11,15,18-19H,5-8,10H2,1-2H3,(H,21,24)(H,22,26)(H,23,25)/t15-/m0/s1. The third-order valence-corrected chi connectivity index (χ3v) is 3.89. The second kappa shape index (κ2) is 9.71. The number of hydrogen-bond acceptors (Lipinski definition) is 6. The highest BCUT2D eigenvalue weighted by atomic mass is 16.2. The lowest BCUT2D eigenvalue weighted by Crippen LogP contribution is -2.51. The average molecular weight is 362 g/mol. The summed E-state index contributed by atoms with van der Waals surface area (Å²) in [6.07, 6.45) is 1.53. The highest BCUT2D eigenvalue weighted by Crippen LogP contribution is 2.09. The van der Waals surface area contributed by atoms with Gasteiger partial charge in [0, 0.05) is 38.1 Å². The van der Waals surface area contributed by atoms with E-state index in [4.69, 9.17) is 0 Å². The summed E-state index contributed by atoms with van der Waals surface area (Å²) < 4.78 is 0. The van der Waals surface area contributed by atoms with E-state index in [2.05, 4.69) is 31.6 Å². The van der Waals surface area contributed by atoms with Crippen LogP contribution in [0.3, 0.4) is 0 Å². The second-order valence-corrected chi connectivity index (χ2v) is 6.37. The van der Waals surface area contributed by atoms with Gasteiger partial charge >= 0.3 is 0 Å². The smallest absolute Gasteiger partial charge is 0.270 e. The van der Waals surface area contributed by atoms with Crippen LogP contribution in [0.4, 0.5) is 5.69 Å². The molecule has 0 spiro atoms. The number of nitrogens with one attached hydrogen (secondary N) is 5. The lowest BCUT2D eigenvalue weighted by molar-refractivity contribution is -0.123. The van der Waals surface area contributed by atoms with Gasteiger partial charge in [0.2, 0.25) is 11.8 Å². The molecular weight excluding hydrogens is 336 g/mol. The Morgan fingerprint density at radius 3 is 2.54 bits per heavy atom. The molecule has 2 rings (SSSR count). The Kier molecular flexibility index (Phi) is 7.34. The molecule has 0 aliphatic carbocycles. The number of nitrogens with zero attached hydrogens (tertiary/aromatic N) is 1. The maximum atomic E-state index is 12.5. The van der Waals surface area contributed by atoms with Crippen LogP contribution in [0.15, 0.2) is 18.3 Å². The lowest BCUT2D eigenvalue weighted by atomic mass is 10.0. The monoisotopic (exact) mass is 362 g/mol. The van der Waals surface area contributed by atoms with Crippen LogP contribution in [0, 0.1) is 5.92 Å². The quantitative estimate of drug-likeness (QED) is 0.440. The van der Waals surface area contributed by atoms with E-state index in [9.17, 15) is 14.4 Å². The SMILES string of the molecule is CC(C)[C@@H]1NC(=O)c2cc(ccn2)NCCNC(=O)CNCCNC1=O. The predicted molar refractivity (Wildman–Crippen MR) is 97.7 cm³/mol. The van der Waals surface area contributed by atoms with Gasteiger partial charge in [0.1, 0.15) is 11.7 Å². The van der Waals surface area contributed by atoms with Crippen molar-refractivity contribution in [2.24, 2.45) is 5.92 Å². The van der Waals surface area contributed by atoms with Gasteiger partial charge in [0.05, 0.1) is 6.54 Å². The Hall–Kier alpha value is -2.68. The first kappa shape index (κ1) is 19.6. The van der Waals surface area contributed by atoms with E-state index in [0.717, 1.165) is 0 Å². The molecule has 1 aromatic heterocycles. The zero-order chi connectivity index (χ0) is 18.9. The molecule has 1 aliphatic heterocycles. The van der Waals surface area contributed by atoms with E-state index in [-0.39, 0.29) is 30.0 Å². The van der Waals surface area contributed by atoms with Crippen molar-refractivity contribution in [3.05, 3.63) is 24.0 Å². The topological polar surface area (TPSA) is 124 Å². The molecule has 0 fully saturated rings. The largest absolute Gasteiger partial charge is 0.383 e. The first-order valence-electron chi connectivity index (χ1n) is 8.73. The first-order chi connectivity index (χ1) is 12.5. The minimum Gasteiger partial charge on any atom is -0.383 e.